The zero-order valence-electron chi connectivity index (χ0n) is 11.0. The fourth-order valence-corrected chi connectivity index (χ4v) is 2.58. The van der Waals surface area contributed by atoms with Gasteiger partial charge in [-0.2, -0.15) is 4.98 Å². The summed E-state index contributed by atoms with van der Waals surface area (Å²) in [6.07, 6.45) is 0. The van der Waals surface area contributed by atoms with Crippen LogP contribution in [-0.4, -0.2) is 26.8 Å². The molecule has 3 aromatic rings. The number of hydrogen-bond donors (Lipinski definition) is 3. The Bertz CT molecular complexity index is 780. The van der Waals surface area contributed by atoms with E-state index in [1.807, 2.05) is 42.5 Å². The first-order valence-electron chi connectivity index (χ1n) is 6.30. The lowest BCUT2D eigenvalue weighted by Gasteiger charge is -2.07. The molecule has 0 aliphatic carbocycles. The van der Waals surface area contributed by atoms with Crippen LogP contribution in [-0.2, 0) is 4.79 Å². The first-order chi connectivity index (χ1) is 10.2. The molecule has 1 aromatic heterocycles. The average molecular weight is 299 g/mol. The summed E-state index contributed by atoms with van der Waals surface area (Å²) in [5.74, 6) is 0.354. The lowest BCUT2D eigenvalue weighted by Crippen LogP contribution is -2.14. The zero-order chi connectivity index (χ0) is 14.7. The van der Waals surface area contributed by atoms with E-state index in [9.17, 15) is 4.79 Å². The smallest absolute Gasteiger partial charge is 0.234 e. The van der Waals surface area contributed by atoms with E-state index in [1.54, 1.807) is 0 Å². The topological polar surface area (TPSA) is 96.7 Å². The zero-order valence-corrected chi connectivity index (χ0v) is 11.9. The summed E-state index contributed by atoms with van der Waals surface area (Å²) in [6, 6.07) is 13.7. The van der Waals surface area contributed by atoms with Crippen molar-refractivity contribution in [3.8, 4) is 0 Å². The summed E-state index contributed by atoms with van der Waals surface area (Å²) in [5, 5.41) is 11.9. The molecule has 1 amide bonds. The van der Waals surface area contributed by atoms with Crippen molar-refractivity contribution < 1.29 is 4.79 Å². The van der Waals surface area contributed by atoms with Crippen LogP contribution in [0.1, 0.15) is 0 Å². The summed E-state index contributed by atoms with van der Waals surface area (Å²) in [4.78, 5) is 15.9. The molecule has 0 saturated carbocycles. The third kappa shape index (κ3) is 3.14. The number of nitrogens with two attached hydrogens (primary N) is 1. The van der Waals surface area contributed by atoms with Crippen LogP contribution in [0.4, 0.5) is 11.6 Å². The maximum absolute atomic E-state index is 12.0. The number of aromatic amines is 1. The molecule has 0 aliphatic rings. The van der Waals surface area contributed by atoms with Crippen molar-refractivity contribution in [2.45, 2.75) is 5.16 Å². The van der Waals surface area contributed by atoms with E-state index >= 15 is 0 Å². The Kier molecular flexibility index (Phi) is 3.74. The van der Waals surface area contributed by atoms with Crippen LogP contribution in [0.15, 0.2) is 47.6 Å². The van der Waals surface area contributed by atoms with E-state index in [-0.39, 0.29) is 17.6 Å². The molecule has 0 saturated heterocycles. The highest BCUT2D eigenvalue weighted by atomic mass is 32.2. The summed E-state index contributed by atoms with van der Waals surface area (Å²) >= 11 is 1.23. The predicted octanol–water partition coefficient (Wildman–Crippen LogP) is 2.27. The fourth-order valence-electron chi connectivity index (χ4n) is 1.97. The second-order valence-corrected chi connectivity index (χ2v) is 5.31. The van der Waals surface area contributed by atoms with Gasteiger partial charge in [0.2, 0.25) is 17.0 Å². The number of fused-ring (bicyclic) bond motifs is 1. The molecule has 106 valence electrons. The van der Waals surface area contributed by atoms with Gasteiger partial charge in [0.25, 0.3) is 0 Å². The molecular weight excluding hydrogens is 286 g/mol. The molecule has 0 spiro atoms. The van der Waals surface area contributed by atoms with Gasteiger partial charge in [0, 0.05) is 11.1 Å². The molecule has 0 bridgehead atoms. The normalized spacial score (nSPS) is 10.7. The molecule has 3 rings (SSSR count). The lowest BCUT2D eigenvalue weighted by atomic mass is 10.1. The number of thioether (sulfide) groups is 1. The number of carbonyl (C=O) groups is 1. The molecule has 7 heteroatoms. The number of nitrogens with one attached hydrogen (secondary N) is 2. The van der Waals surface area contributed by atoms with Crippen LogP contribution in [0.2, 0.25) is 0 Å². The number of nitrogen functional groups attached to an aromatic ring is 1. The van der Waals surface area contributed by atoms with E-state index in [0.29, 0.717) is 5.16 Å². The molecular formula is C14H13N5OS. The van der Waals surface area contributed by atoms with Gasteiger partial charge in [-0.1, -0.05) is 48.2 Å². The number of nitrogens with zero attached hydrogens (tertiary/aromatic N) is 2. The molecule has 0 fully saturated rings. The van der Waals surface area contributed by atoms with Crippen molar-refractivity contribution in [1.82, 2.24) is 15.2 Å². The first-order valence-corrected chi connectivity index (χ1v) is 7.29. The van der Waals surface area contributed by atoms with Gasteiger partial charge in [0.05, 0.1) is 5.75 Å². The van der Waals surface area contributed by atoms with Gasteiger partial charge in [-0.3, -0.25) is 4.79 Å². The van der Waals surface area contributed by atoms with Gasteiger partial charge in [-0.25, -0.2) is 5.10 Å². The van der Waals surface area contributed by atoms with E-state index in [1.165, 1.54) is 11.8 Å². The predicted molar refractivity (Wildman–Crippen MR) is 84.1 cm³/mol. The maximum Gasteiger partial charge on any atom is 0.234 e. The van der Waals surface area contributed by atoms with E-state index in [4.69, 9.17) is 5.73 Å². The minimum atomic E-state index is -0.111. The second kappa shape index (κ2) is 5.84. The highest BCUT2D eigenvalue weighted by Crippen LogP contribution is 2.23. The summed E-state index contributed by atoms with van der Waals surface area (Å²) < 4.78 is 0. The average Bonchev–Trinajstić information content (AvgIpc) is 2.91. The van der Waals surface area contributed by atoms with Gasteiger partial charge >= 0.3 is 0 Å². The number of hydrogen-bond acceptors (Lipinski definition) is 5. The molecule has 0 unspecified atom stereocenters. The largest absolute Gasteiger partial charge is 0.368 e. The van der Waals surface area contributed by atoms with E-state index in [2.05, 4.69) is 20.5 Å². The number of anilines is 2. The SMILES string of the molecule is Nc1nc(SCC(=O)Nc2cccc3ccccc23)n[nH]1. The second-order valence-electron chi connectivity index (χ2n) is 4.37. The molecule has 21 heavy (non-hydrogen) atoms. The molecule has 0 radical (unpaired) electrons. The number of H-pyrrole nitrogens is 1. The minimum Gasteiger partial charge on any atom is -0.368 e. The molecule has 2 aromatic carbocycles. The Labute approximate surface area is 125 Å². The van der Waals surface area contributed by atoms with Crippen LogP contribution in [0.25, 0.3) is 10.8 Å². The van der Waals surface area contributed by atoms with Crippen molar-refractivity contribution in [3.05, 3.63) is 42.5 Å². The highest BCUT2D eigenvalue weighted by Gasteiger charge is 2.08. The Balaban J connectivity index is 1.69. The standard InChI is InChI=1S/C14H13N5OS/c15-13-17-14(19-18-13)21-8-12(20)16-11-7-3-5-9-4-1-2-6-10(9)11/h1-7H,8H2,(H,16,20)(H3,15,17,18,19). The molecule has 1 heterocycles. The number of rotatable bonds is 4. The molecule has 4 N–H and O–H groups in total. The Hall–Kier alpha value is -2.54. The monoisotopic (exact) mass is 299 g/mol. The van der Waals surface area contributed by atoms with Crippen molar-refractivity contribution in [2.24, 2.45) is 0 Å². The van der Waals surface area contributed by atoms with Gasteiger partial charge in [-0.05, 0) is 11.5 Å². The van der Waals surface area contributed by atoms with E-state index < -0.39 is 0 Å². The van der Waals surface area contributed by atoms with Crippen LogP contribution in [0.3, 0.4) is 0 Å². The number of carbonyl (C=O) groups excluding carboxylic acids is 1. The van der Waals surface area contributed by atoms with Crippen LogP contribution in [0, 0.1) is 0 Å². The van der Waals surface area contributed by atoms with Crippen molar-refractivity contribution in [2.75, 3.05) is 16.8 Å². The third-order valence-electron chi connectivity index (χ3n) is 2.88. The Morgan fingerprint density at radius 1 is 1.24 bits per heavy atom. The number of amides is 1. The molecule has 0 atom stereocenters. The maximum atomic E-state index is 12.0. The van der Waals surface area contributed by atoms with Gasteiger partial charge < -0.3 is 11.1 Å². The van der Waals surface area contributed by atoms with Gasteiger partial charge in [0.1, 0.15) is 0 Å². The summed E-state index contributed by atoms with van der Waals surface area (Å²) in [5.41, 5.74) is 6.23. The fraction of sp³-hybridized carbons (Fsp3) is 0.0714. The minimum absolute atomic E-state index is 0.111. The van der Waals surface area contributed by atoms with Crippen molar-refractivity contribution >= 4 is 40.1 Å². The van der Waals surface area contributed by atoms with Crippen molar-refractivity contribution in [3.63, 3.8) is 0 Å². The molecule has 0 aliphatic heterocycles. The van der Waals surface area contributed by atoms with E-state index in [0.717, 1.165) is 16.5 Å². The first kappa shape index (κ1) is 13.4. The Morgan fingerprint density at radius 3 is 2.86 bits per heavy atom. The van der Waals surface area contributed by atoms with Crippen LogP contribution >= 0.6 is 11.8 Å². The summed E-state index contributed by atoms with van der Waals surface area (Å²) in [7, 11) is 0. The van der Waals surface area contributed by atoms with Crippen LogP contribution < -0.4 is 11.1 Å². The quantitative estimate of drug-likeness (QED) is 0.642. The highest BCUT2D eigenvalue weighted by molar-refractivity contribution is 7.99. The lowest BCUT2D eigenvalue weighted by molar-refractivity contribution is -0.113. The van der Waals surface area contributed by atoms with Crippen molar-refractivity contribution in [1.29, 1.82) is 0 Å². The third-order valence-corrected chi connectivity index (χ3v) is 3.73. The number of benzene rings is 2. The summed E-state index contributed by atoms with van der Waals surface area (Å²) in [6.45, 7) is 0. The van der Waals surface area contributed by atoms with Gasteiger partial charge in [0.15, 0.2) is 0 Å². The Morgan fingerprint density at radius 2 is 2.05 bits per heavy atom. The molecule has 6 nitrogen and oxygen atoms in total. The number of aromatic nitrogens is 3. The van der Waals surface area contributed by atoms with Crippen LogP contribution in [0.5, 0.6) is 0 Å². The van der Waals surface area contributed by atoms with Gasteiger partial charge in [-0.15, -0.1) is 5.10 Å².